The maximum Gasteiger partial charge on any atom is 0.171 e. The van der Waals surface area contributed by atoms with Crippen molar-refractivity contribution < 1.29 is 19.8 Å². The molecule has 0 amide bonds. The van der Waals surface area contributed by atoms with Crippen molar-refractivity contribution in [2.45, 2.75) is 6.42 Å². The maximum absolute atomic E-state index is 13.0. The number of phenols is 2. The van der Waals surface area contributed by atoms with Crippen molar-refractivity contribution >= 4 is 22.3 Å². The number of carbonyl (C=O) groups is 2. The molecule has 5 rings (SSSR count). The summed E-state index contributed by atoms with van der Waals surface area (Å²) in [5, 5.41) is 22.0. The van der Waals surface area contributed by atoms with Crippen LogP contribution in [0.3, 0.4) is 0 Å². The minimum absolute atomic E-state index is 0.00778. The van der Waals surface area contributed by atoms with Gasteiger partial charge < -0.3 is 10.2 Å². The van der Waals surface area contributed by atoms with E-state index in [9.17, 15) is 19.8 Å². The lowest BCUT2D eigenvalue weighted by Gasteiger charge is -2.32. The van der Waals surface area contributed by atoms with Crippen LogP contribution in [0.25, 0.3) is 10.8 Å². The van der Waals surface area contributed by atoms with Crippen molar-refractivity contribution in [2.75, 3.05) is 0 Å². The number of rotatable bonds is 0. The lowest BCUT2D eigenvalue weighted by molar-refractivity contribution is 0.0715. The number of aromatic hydroxyl groups is 2. The second kappa shape index (κ2) is 4.02. The van der Waals surface area contributed by atoms with Crippen LogP contribution in [0.5, 0.6) is 11.5 Å². The number of carbonyl (C=O) groups excluding carboxylic acids is 2. The summed E-state index contributed by atoms with van der Waals surface area (Å²) in [6, 6.07) is 6.75. The molecule has 0 unspecified atom stereocenters. The van der Waals surface area contributed by atoms with Crippen molar-refractivity contribution in [1.29, 1.82) is 0 Å². The van der Waals surface area contributed by atoms with Gasteiger partial charge in [0, 0.05) is 22.6 Å². The van der Waals surface area contributed by atoms with Crippen molar-refractivity contribution in [3.8, 4) is 11.5 Å². The molecule has 2 aromatic rings. The first-order valence-corrected chi connectivity index (χ1v) is 7.83. The van der Waals surface area contributed by atoms with Crippen LogP contribution in [0, 0.1) is 23.7 Å². The number of fused-ring (bicyclic) bond motifs is 7. The van der Waals surface area contributed by atoms with Crippen LogP contribution in [0.4, 0.5) is 0 Å². The third-order valence-corrected chi connectivity index (χ3v) is 5.72. The van der Waals surface area contributed by atoms with Crippen molar-refractivity contribution in [1.82, 2.24) is 0 Å². The van der Waals surface area contributed by atoms with E-state index < -0.39 is 11.8 Å². The number of Topliss-reactive ketones (excluding diaryl/α,β-unsaturated/α-hetero) is 2. The Kier molecular flexibility index (Phi) is 2.25. The van der Waals surface area contributed by atoms with Crippen LogP contribution in [-0.2, 0) is 0 Å². The Morgan fingerprint density at radius 2 is 1.22 bits per heavy atom. The lowest BCUT2D eigenvalue weighted by atomic mass is 9.68. The molecule has 1 fully saturated rings. The fraction of sp³-hybridized carbons (Fsp3) is 0.263. The molecule has 1 saturated carbocycles. The molecule has 23 heavy (non-hydrogen) atoms. The topological polar surface area (TPSA) is 74.6 Å². The van der Waals surface area contributed by atoms with E-state index >= 15 is 0 Å². The van der Waals surface area contributed by atoms with Gasteiger partial charge in [0.05, 0.1) is 11.1 Å². The number of hydrogen-bond acceptors (Lipinski definition) is 4. The van der Waals surface area contributed by atoms with E-state index in [0.717, 1.165) is 6.42 Å². The van der Waals surface area contributed by atoms with Gasteiger partial charge in [0.15, 0.2) is 11.6 Å². The second-order valence-corrected chi connectivity index (χ2v) is 6.72. The molecule has 0 heterocycles. The fourth-order valence-electron chi connectivity index (χ4n) is 4.75. The minimum Gasteiger partial charge on any atom is -0.507 e. The van der Waals surface area contributed by atoms with Crippen LogP contribution >= 0.6 is 0 Å². The Morgan fingerprint density at radius 3 is 1.65 bits per heavy atom. The van der Waals surface area contributed by atoms with Gasteiger partial charge in [-0.1, -0.05) is 36.4 Å². The van der Waals surface area contributed by atoms with E-state index in [2.05, 4.69) is 0 Å². The summed E-state index contributed by atoms with van der Waals surface area (Å²) >= 11 is 0. The normalized spacial score (nSPS) is 30.8. The zero-order chi connectivity index (χ0) is 15.9. The highest BCUT2D eigenvalue weighted by molar-refractivity contribution is 6.23. The molecule has 2 aromatic carbocycles. The van der Waals surface area contributed by atoms with E-state index in [1.54, 1.807) is 24.3 Å². The molecule has 0 radical (unpaired) electrons. The molecule has 0 aliphatic heterocycles. The van der Waals surface area contributed by atoms with E-state index in [1.165, 1.54) is 0 Å². The van der Waals surface area contributed by atoms with Gasteiger partial charge in [-0.05, 0) is 18.3 Å². The Balaban J connectivity index is 1.87. The number of benzene rings is 2. The SMILES string of the molecule is O=C1c2c(c(O)c3ccccc3c2O)C(=O)[C@H]2[C@@H]1[C@H]1C=C[C@@H]2C1. The predicted molar refractivity (Wildman–Crippen MR) is 83.7 cm³/mol. The minimum atomic E-state index is -0.392. The number of phenolic OH excluding ortho intramolecular Hbond substituents is 2. The first-order chi connectivity index (χ1) is 11.1. The molecule has 4 atom stereocenters. The van der Waals surface area contributed by atoms with Crippen molar-refractivity contribution in [3.63, 3.8) is 0 Å². The van der Waals surface area contributed by atoms with Gasteiger partial charge in [-0.2, -0.15) is 0 Å². The monoisotopic (exact) mass is 306 g/mol. The molecule has 4 nitrogen and oxygen atoms in total. The summed E-state index contributed by atoms with van der Waals surface area (Å²) < 4.78 is 0. The van der Waals surface area contributed by atoms with Crippen LogP contribution in [0.15, 0.2) is 36.4 Å². The Morgan fingerprint density at radius 1 is 0.783 bits per heavy atom. The van der Waals surface area contributed by atoms with Gasteiger partial charge in [-0.25, -0.2) is 0 Å². The molecule has 3 aliphatic carbocycles. The van der Waals surface area contributed by atoms with E-state index in [-0.39, 0.29) is 46.0 Å². The van der Waals surface area contributed by atoms with Crippen molar-refractivity contribution in [2.24, 2.45) is 23.7 Å². The second-order valence-electron chi connectivity index (χ2n) is 6.72. The highest BCUT2D eigenvalue weighted by Gasteiger charge is 2.56. The Bertz CT molecular complexity index is 866. The van der Waals surface area contributed by atoms with Crippen LogP contribution in [0.2, 0.25) is 0 Å². The largest absolute Gasteiger partial charge is 0.507 e. The van der Waals surface area contributed by atoms with E-state index in [1.807, 2.05) is 12.2 Å². The average Bonchev–Trinajstić information content (AvgIpc) is 3.17. The summed E-state index contributed by atoms with van der Waals surface area (Å²) in [7, 11) is 0. The third-order valence-electron chi connectivity index (χ3n) is 5.72. The van der Waals surface area contributed by atoms with Gasteiger partial charge in [-0.3, -0.25) is 9.59 Å². The smallest absolute Gasteiger partial charge is 0.171 e. The quantitative estimate of drug-likeness (QED) is 0.579. The average molecular weight is 306 g/mol. The van der Waals surface area contributed by atoms with Crippen LogP contribution in [-0.4, -0.2) is 21.8 Å². The molecule has 0 spiro atoms. The molecule has 0 saturated heterocycles. The molecule has 114 valence electrons. The van der Waals surface area contributed by atoms with E-state index in [4.69, 9.17) is 0 Å². The molecular weight excluding hydrogens is 292 g/mol. The Hall–Kier alpha value is -2.62. The molecular formula is C19H14O4. The van der Waals surface area contributed by atoms with Gasteiger partial charge in [0.2, 0.25) is 0 Å². The fourth-order valence-corrected chi connectivity index (χ4v) is 4.75. The summed E-state index contributed by atoms with van der Waals surface area (Å²) in [5.74, 6) is -1.42. The highest BCUT2D eigenvalue weighted by atomic mass is 16.3. The molecule has 2 N–H and O–H groups in total. The molecule has 4 heteroatoms. The van der Waals surface area contributed by atoms with Gasteiger partial charge in [0.25, 0.3) is 0 Å². The number of hydrogen-bond donors (Lipinski definition) is 2. The van der Waals surface area contributed by atoms with Gasteiger partial charge >= 0.3 is 0 Å². The van der Waals surface area contributed by atoms with E-state index in [0.29, 0.717) is 10.8 Å². The predicted octanol–water partition coefficient (Wildman–Crippen LogP) is 3.07. The summed E-state index contributed by atoms with van der Waals surface area (Å²) in [5.41, 5.74) is 0.0156. The summed E-state index contributed by atoms with van der Waals surface area (Å²) in [6.07, 6.45) is 4.84. The van der Waals surface area contributed by atoms with Gasteiger partial charge in [-0.15, -0.1) is 0 Å². The number of ketones is 2. The lowest BCUT2D eigenvalue weighted by Crippen LogP contribution is -2.39. The van der Waals surface area contributed by atoms with Crippen molar-refractivity contribution in [3.05, 3.63) is 47.5 Å². The first-order valence-electron chi connectivity index (χ1n) is 7.83. The van der Waals surface area contributed by atoms with Crippen LogP contribution < -0.4 is 0 Å². The number of allylic oxidation sites excluding steroid dienone is 2. The van der Waals surface area contributed by atoms with Gasteiger partial charge in [0.1, 0.15) is 11.5 Å². The highest BCUT2D eigenvalue weighted by Crippen LogP contribution is 2.56. The Labute approximate surface area is 132 Å². The zero-order valence-corrected chi connectivity index (χ0v) is 12.2. The standard InChI is InChI=1S/C19H14O4/c20-16-10-3-1-2-4-11(10)17(21)15-14(16)18(22)12-8-5-6-9(7-8)13(12)19(15)23/h1-6,8-9,12-13,20-21H,7H2/t8-,9+,12-,13+. The molecule has 0 aromatic heterocycles. The van der Waals surface area contributed by atoms with Crippen LogP contribution in [0.1, 0.15) is 27.1 Å². The summed E-state index contributed by atoms with van der Waals surface area (Å²) in [6.45, 7) is 0. The first kappa shape index (κ1) is 12.9. The third kappa shape index (κ3) is 1.37. The maximum atomic E-state index is 13.0. The molecule has 2 bridgehead atoms. The molecule has 3 aliphatic rings. The summed E-state index contributed by atoms with van der Waals surface area (Å²) in [4.78, 5) is 26.0. The zero-order valence-electron chi connectivity index (χ0n) is 12.2.